The summed E-state index contributed by atoms with van der Waals surface area (Å²) in [6, 6.07) is 8.73. The zero-order chi connectivity index (χ0) is 14.8. The first-order chi connectivity index (χ1) is 10.2. The van der Waals surface area contributed by atoms with Gasteiger partial charge in [-0.05, 0) is 36.8 Å². The maximum Gasteiger partial charge on any atom is 0.125 e. The Morgan fingerprint density at radius 3 is 2.71 bits per heavy atom. The summed E-state index contributed by atoms with van der Waals surface area (Å²) in [6.45, 7) is 2.09. The quantitative estimate of drug-likeness (QED) is 0.683. The average Bonchev–Trinajstić information content (AvgIpc) is 2.85. The van der Waals surface area contributed by atoms with Crippen LogP contribution in [-0.2, 0) is 6.42 Å². The zero-order valence-electron chi connectivity index (χ0n) is 11.6. The van der Waals surface area contributed by atoms with Gasteiger partial charge in [-0.2, -0.15) is 0 Å². The van der Waals surface area contributed by atoms with Crippen molar-refractivity contribution >= 4 is 22.6 Å². The Kier molecular flexibility index (Phi) is 3.88. The van der Waals surface area contributed by atoms with Crippen LogP contribution < -0.4 is 0 Å². The molecule has 0 fully saturated rings. The fourth-order valence-corrected chi connectivity index (χ4v) is 2.77. The van der Waals surface area contributed by atoms with Gasteiger partial charge in [0.25, 0.3) is 0 Å². The van der Waals surface area contributed by atoms with Crippen molar-refractivity contribution in [2.24, 2.45) is 0 Å². The molecular formula is C16H15ClFN3. The van der Waals surface area contributed by atoms with Crippen molar-refractivity contribution in [1.82, 2.24) is 14.5 Å². The van der Waals surface area contributed by atoms with Gasteiger partial charge in [-0.15, -0.1) is 11.6 Å². The van der Waals surface area contributed by atoms with Crippen molar-refractivity contribution in [2.45, 2.75) is 19.4 Å². The average molecular weight is 304 g/mol. The third-order valence-electron chi connectivity index (χ3n) is 3.62. The molecule has 2 aromatic heterocycles. The van der Waals surface area contributed by atoms with Crippen molar-refractivity contribution < 1.29 is 4.39 Å². The van der Waals surface area contributed by atoms with Crippen LogP contribution in [0, 0.1) is 5.82 Å². The highest BCUT2D eigenvalue weighted by Crippen LogP contribution is 2.26. The van der Waals surface area contributed by atoms with Crippen molar-refractivity contribution in [1.29, 1.82) is 0 Å². The lowest BCUT2D eigenvalue weighted by molar-refractivity contribution is 0.620. The number of fused-ring (bicyclic) bond motifs is 1. The van der Waals surface area contributed by atoms with Gasteiger partial charge in [0.1, 0.15) is 11.6 Å². The highest BCUT2D eigenvalue weighted by atomic mass is 35.5. The Balaban J connectivity index is 2.17. The Morgan fingerprint density at radius 1 is 1.24 bits per heavy atom. The van der Waals surface area contributed by atoms with Crippen LogP contribution in [0.2, 0.25) is 0 Å². The topological polar surface area (TPSA) is 30.7 Å². The summed E-state index contributed by atoms with van der Waals surface area (Å²) in [6.07, 6.45) is 4.19. The molecule has 2 heterocycles. The Morgan fingerprint density at radius 2 is 2.00 bits per heavy atom. The number of hydrogen-bond donors (Lipinski definition) is 0. The molecule has 0 aliphatic heterocycles. The van der Waals surface area contributed by atoms with Gasteiger partial charge in [0.2, 0.25) is 0 Å². The lowest BCUT2D eigenvalue weighted by atomic mass is 10.1. The maximum atomic E-state index is 13.4. The van der Waals surface area contributed by atoms with Crippen LogP contribution in [0.15, 0.2) is 42.7 Å². The summed E-state index contributed by atoms with van der Waals surface area (Å²) in [7, 11) is 0. The number of alkyl halides is 1. The van der Waals surface area contributed by atoms with Gasteiger partial charge in [-0.3, -0.25) is 4.98 Å². The standard InChI is InChI=1S/C16H15ClFN3/c1-11(12-5-8-19-9-6-12)21-15-3-2-13(18)10-14(15)20-16(21)4-7-17/h2-3,5-6,8-11H,4,7H2,1H3. The molecule has 3 nitrogen and oxygen atoms in total. The summed E-state index contributed by atoms with van der Waals surface area (Å²) in [4.78, 5) is 8.58. The Labute approximate surface area is 127 Å². The maximum absolute atomic E-state index is 13.4. The molecule has 1 unspecified atom stereocenters. The van der Waals surface area contributed by atoms with Crippen molar-refractivity contribution in [3.05, 3.63) is 59.9 Å². The van der Waals surface area contributed by atoms with Crippen LogP contribution in [0.4, 0.5) is 4.39 Å². The molecule has 108 valence electrons. The largest absolute Gasteiger partial charge is 0.321 e. The van der Waals surface area contributed by atoms with Crippen molar-refractivity contribution in [3.8, 4) is 0 Å². The smallest absolute Gasteiger partial charge is 0.125 e. The molecule has 3 rings (SSSR count). The molecule has 5 heteroatoms. The first kappa shape index (κ1) is 14.0. The zero-order valence-corrected chi connectivity index (χ0v) is 12.4. The van der Waals surface area contributed by atoms with E-state index in [1.165, 1.54) is 12.1 Å². The molecule has 0 amide bonds. The molecule has 0 N–H and O–H groups in total. The molecular weight excluding hydrogens is 289 g/mol. The molecule has 0 bridgehead atoms. The van der Waals surface area contributed by atoms with E-state index in [1.54, 1.807) is 18.5 Å². The Bertz CT molecular complexity index is 755. The molecule has 1 aromatic carbocycles. The van der Waals surface area contributed by atoms with Gasteiger partial charge >= 0.3 is 0 Å². The van der Waals surface area contributed by atoms with E-state index in [0.717, 1.165) is 16.9 Å². The molecule has 21 heavy (non-hydrogen) atoms. The minimum absolute atomic E-state index is 0.0849. The summed E-state index contributed by atoms with van der Waals surface area (Å²) in [5, 5.41) is 0. The van der Waals surface area contributed by atoms with Gasteiger partial charge in [0.05, 0.1) is 17.1 Å². The number of nitrogens with zero attached hydrogens (tertiary/aromatic N) is 3. The summed E-state index contributed by atoms with van der Waals surface area (Å²) in [5.41, 5.74) is 2.71. The summed E-state index contributed by atoms with van der Waals surface area (Å²) < 4.78 is 15.5. The molecule has 3 aromatic rings. The molecule has 0 saturated heterocycles. The van der Waals surface area contributed by atoms with Gasteiger partial charge in [0.15, 0.2) is 0 Å². The first-order valence-corrected chi connectivity index (χ1v) is 7.36. The van der Waals surface area contributed by atoms with Crippen LogP contribution in [0.25, 0.3) is 11.0 Å². The third-order valence-corrected chi connectivity index (χ3v) is 3.81. The second kappa shape index (κ2) is 5.82. The fraction of sp³-hybridized carbons (Fsp3) is 0.250. The van der Waals surface area contributed by atoms with Crippen LogP contribution in [0.5, 0.6) is 0 Å². The predicted octanol–water partition coefficient (Wildman–Crippen LogP) is 3.96. The highest BCUT2D eigenvalue weighted by Gasteiger charge is 2.17. The highest BCUT2D eigenvalue weighted by molar-refractivity contribution is 6.17. The molecule has 0 radical (unpaired) electrons. The van der Waals surface area contributed by atoms with E-state index in [9.17, 15) is 4.39 Å². The fourth-order valence-electron chi connectivity index (χ4n) is 2.61. The second-order valence-corrected chi connectivity index (χ2v) is 5.30. The van der Waals surface area contributed by atoms with Gasteiger partial charge < -0.3 is 4.57 Å². The van der Waals surface area contributed by atoms with E-state index < -0.39 is 0 Å². The number of aromatic nitrogens is 3. The molecule has 0 saturated carbocycles. The first-order valence-electron chi connectivity index (χ1n) is 6.83. The van der Waals surface area contributed by atoms with E-state index in [0.29, 0.717) is 17.8 Å². The monoisotopic (exact) mass is 303 g/mol. The van der Waals surface area contributed by atoms with Gasteiger partial charge in [0, 0.05) is 30.8 Å². The lowest BCUT2D eigenvalue weighted by Gasteiger charge is -2.17. The predicted molar refractivity (Wildman–Crippen MR) is 82.2 cm³/mol. The number of benzene rings is 1. The van der Waals surface area contributed by atoms with Crippen LogP contribution >= 0.6 is 11.6 Å². The minimum Gasteiger partial charge on any atom is -0.321 e. The summed E-state index contributed by atoms with van der Waals surface area (Å²) in [5.74, 6) is 1.07. The molecule has 1 atom stereocenters. The molecule has 0 aliphatic rings. The minimum atomic E-state index is -0.277. The van der Waals surface area contributed by atoms with E-state index in [1.807, 2.05) is 12.1 Å². The van der Waals surface area contributed by atoms with Crippen molar-refractivity contribution in [2.75, 3.05) is 5.88 Å². The number of aryl methyl sites for hydroxylation is 1. The summed E-state index contributed by atoms with van der Waals surface area (Å²) >= 11 is 5.88. The van der Waals surface area contributed by atoms with Crippen LogP contribution in [0.1, 0.15) is 24.4 Å². The number of imidazole rings is 1. The van der Waals surface area contributed by atoms with Crippen LogP contribution in [-0.4, -0.2) is 20.4 Å². The third kappa shape index (κ3) is 2.63. The SMILES string of the molecule is CC(c1ccncc1)n1c(CCCl)nc2cc(F)ccc21. The normalized spacial score (nSPS) is 12.7. The number of halogens is 2. The molecule has 0 spiro atoms. The van der Waals surface area contributed by atoms with E-state index in [4.69, 9.17) is 11.6 Å². The van der Waals surface area contributed by atoms with E-state index in [-0.39, 0.29) is 11.9 Å². The van der Waals surface area contributed by atoms with Gasteiger partial charge in [-0.1, -0.05) is 0 Å². The number of pyridine rings is 1. The number of hydrogen-bond acceptors (Lipinski definition) is 2. The van der Waals surface area contributed by atoms with Gasteiger partial charge in [-0.25, -0.2) is 9.37 Å². The second-order valence-electron chi connectivity index (χ2n) is 4.93. The van der Waals surface area contributed by atoms with Crippen molar-refractivity contribution in [3.63, 3.8) is 0 Å². The molecule has 0 aliphatic carbocycles. The van der Waals surface area contributed by atoms with Crippen LogP contribution in [0.3, 0.4) is 0 Å². The lowest BCUT2D eigenvalue weighted by Crippen LogP contribution is -2.11. The van der Waals surface area contributed by atoms with E-state index >= 15 is 0 Å². The number of rotatable bonds is 4. The van der Waals surface area contributed by atoms with E-state index in [2.05, 4.69) is 21.5 Å². The Hall–Kier alpha value is -1.94.